The molecule has 0 aliphatic carbocycles. The molecule has 1 rings (SSSR count). The van der Waals surface area contributed by atoms with E-state index >= 15 is 0 Å². The van der Waals surface area contributed by atoms with E-state index in [4.69, 9.17) is 4.42 Å². The molecule has 2 amide bonds. The molecule has 0 saturated heterocycles. The summed E-state index contributed by atoms with van der Waals surface area (Å²) in [7, 11) is 0. The predicted molar refractivity (Wildman–Crippen MR) is 63.4 cm³/mol. The van der Waals surface area contributed by atoms with Gasteiger partial charge in [-0.15, -0.1) is 0 Å². The normalized spacial score (nSPS) is 12.6. The highest BCUT2D eigenvalue weighted by Gasteiger charge is 2.14. The average molecular weight is 224 g/mol. The van der Waals surface area contributed by atoms with Crippen molar-refractivity contribution in [2.24, 2.45) is 0 Å². The standard InChI is InChI=1S/C12H20N2O2/c1-7(2)13-12(15)14-9(4)11-6-8(3)16-10(11)5/h6-7,9H,1-5H3,(H2,13,14,15). The van der Waals surface area contributed by atoms with Crippen molar-refractivity contribution in [3.63, 3.8) is 0 Å². The van der Waals surface area contributed by atoms with Gasteiger partial charge in [-0.05, 0) is 40.7 Å². The Hall–Kier alpha value is -1.45. The van der Waals surface area contributed by atoms with Crippen molar-refractivity contribution in [2.45, 2.75) is 46.7 Å². The lowest BCUT2D eigenvalue weighted by Crippen LogP contribution is -2.40. The maximum Gasteiger partial charge on any atom is 0.315 e. The predicted octanol–water partition coefficient (Wildman–Crippen LogP) is 2.67. The molecule has 90 valence electrons. The molecule has 2 N–H and O–H groups in total. The van der Waals surface area contributed by atoms with Crippen molar-refractivity contribution in [1.82, 2.24) is 10.6 Å². The second-order valence-corrected chi connectivity index (χ2v) is 4.36. The van der Waals surface area contributed by atoms with Crippen molar-refractivity contribution in [2.75, 3.05) is 0 Å². The molecule has 0 aromatic carbocycles. The van der Waals surface area contributed by atoms with Crippen LogP contribution >= 0.6 is 0 Å². The molecule has 1 aromatic rings. The third kappa shape index (κ3) is 3.29. The Labute approximate surface area is 96.4 Å². The quantitative estimate of drug-likeness (QED) is 0.829. The highest BCUT2D eigenvalue weighted by molar-refractivity contribution is 5.74. The maximum atomic E-state index is 11.5. The molecule has 0 bridgehead atoms. The summed E-state index contributed by atoms with van der Waals surface area (Å²) in [5.74, 6) is 1.72. The molecule has 1 unspecified atom stereocenters. The molecule has 1 aromatic heterocycles. The number of aryl methyl sites for hydroxylation is 2. The first kappa shape index (κ1) is 12.6. The van der Waals surface area contributed by atoms with Gasteiger partial charge in [-0.1, -0.05) is 0 Å². The largest absolute Gasteiger partial charge is 0.466 e. The molecular weight excluding hydrogens is 204 g/mol. The van der Waals surface area contributed by atoms with Crippen LogP contribution in [-0.2, 0) is 0 Å². The molecule has 0 fully saturated rings. The van der Waals surface area contributed by atoms with Gasteiger partial charge < -0.3 is 15.1 Å². The number of furan rings is 1. The summed E-state index contributed by atoms with van der Waals surface area (Å²) in [6.45, 7) is 9.60. The van der Waals surface area contributed by atoms with Crippen LogP contribution in [0.1, 0.15) is 43.9 Å². The second kappa shape index (κ2) is 5.05. The number of carbonyl (C=O) groups is 1. The third-order valence-electron chi connectivity index (χ3n) is 2.31. The summed E-state index contributed by atoms with van der Waals surface area (Å²) >= 11 is 0. The van der Waals surface area contributed by atoms with Crippen molar-refractivity contribution in [3.8, 4) is 0 Å². The summed E-state index contributed by atoms with van der Waals surface area (Å²) in [4.78, 5) is 11.5. The van der Waals surface area contributed by atoms with Crippen LogP contribution in [0.15, 0.2) is 10.5 Å². The van der Waals surface area contributed by atoms with Gasteiger partial charge in [-0.3, -0.25) is 0 Å². The fourth-order valence-electron chi connectivity index (χ4n) is 1.66. The minimum Gasteiger partial charge on any atom is -0.466 e. The van der Waals surface area contributed by atoms with Crippen LogP contribution in [0, 0.1) is 13.8 Å². The summed E-state index contributed by atoms with van der Waals surface area (Å²) in [6, 6.07) is 1.90. The first-order valence-electron chi connectivity index (χ1n) is 5.54. The Bertz CT molecular complexity index is 369. The van der Waals surface area contributed by atoms with E-state index in [9.17, 15) is 4.79 Å². The Morgan fingerprint density at radius 1 is 1.25 bits per heavy atom. The molecule has 0 spiro atoms. The Morgan fingerprint density at radius 2 is 1.88 bits per heavy atom. The van der Waals surface area contributed by atoms with Gasteiger partial charge in [-0.2, -0.15) is 0 Å². The number of amides is 2. The number of nitrogens with one attached hydrogen (secondary N) is 2. The van der Waals surface area contributed by atoms with Gasteiger partial charge in [0.1, 0.15) is 11.5 Å². The molecule has 4 nitrogen and oxygen atoms in total. The van der Waals surface area contributed by atoms with Crippen molar-refractivity contribution in [3.05, 3.63) is 23.2 Å². The smallest absolute Gasteiger partial charge is 0.315 e. The molecule has 16 heavy (non-hydrogen) atoms. The van der Waals surface area contributed by atoms with Crippen molar-refractivity contribution in [1.29, 1.82) is 0 Å². The third-order valence-corrected chi connectivity index (χ3v) is 2.31. The minimum atomic E-state index is -0.152. The van der Waals surface area contributed by atoms with Gasteiger partial charge >= 0.3 is 6.03 Å². The van der Waals surface area contributed by atoms with Crippen LogP contribution < -0.4 is 10.6 Å². The van der Waals surface area contributed by atoms with Gasteiger partial charge in [0.2, 0.25) is 0 Å². The monoisotopic (exact) mass is 224 g/mol. The summed E-state index contributed by atoms with van der Waals surface area (Å²) in [5, 5.41) is 5.66. The van der Waals surface area contributed by atoms with Crippen molar-refractivity contribution < 1.29 is 9.21 Å². The fraction of sp³-hybridized carbons (Fsp3) is 0.583. The first-order chi connectivity index (χ1) is 7.40. The number of carbonyl (C=O) groups excluding carboxylic acids is 1. The summed E-state index contributed by atoms with van der Waals surface area (Å²) in [6.07, 6.45) is 0. The molecule has 0 aliphatic heterocycles. The maximum absolute atomic E-state index is 11.5. The van der Waals surface area contributed by atoms with E-state index in [-0.39, 0.29) is 18.1 Å². The van der Waals surface area contributed by atoms with Gasteiger partial charge in [0.05, 0.1) is 6.04 Å². The molecule has 0 saturated carbocycles. The Balaban J connectivity index is 2.62. The van der Waals surface area contributed by atoms with Gasteiger partial charge in [0, 0.05) is 11.6 Å². The Morgan fingerprint density at radius 3 is 2.31 bits per heavy atom. The molecule has 1 atom stereocenters. The van der Waals surface area contributed by atoms with E-state index in [1.807, 2.05) is 40.7 Å². The van der Waals surface area contributed by atoms with Gasteiger partial charge in [0.15, 0.2) is 0 Å². The molecular formula is C12H20N2O2. The Kier molecular flexibility index (Phi) is 3.99. The topological polar surface area (TPSA) is 54.3 Å². The lowest BCUT2D eigenvalue weighted by Gasteiger charge is -2.15. The minimum absolute atomic E-state index is 0.0452. The van der Waals surface area contributed by atoms with E-state index < -0.39 is 0 Å². The molecule has 1 heterocycles. The van der Waals surface area contributed by atoms with Crippen molar-refractivity contribution >= 4 is 6.03 Å². The van der Waals surface area contributed by atoms with Crippen LogP contribution in [0.25, 0.3) is 0 Å². The van der Waals surface area contributed by atoms with Crippen LogP contribution in [-0.4, -0.2) is 12.1 Å². The number of hydrogen-bond acceptors (Lipinski definition) is 2. The zero-order valence-corrected chi connectivity index (χ0v) is 10.5. The fourth-order valence-corrected chi connectivity index (χ4v) is 1.66. The zero-order valence-electron chi connectivity index (χ0n) is 10.5. The second-order valence-electron chi connectivity index (χ2n) is 4.36. The summed E-state index contributed by atoms with van der Waals surface area (Å²) in [5.41, 5.74) is 1.02. The first-order valence-corrected chi connectivity index (χ1v) is 5.54. The number of rotatable bonds is 3. The number of urea groups is 1. The van der Waals surface area contributed by atoms with Crippen LogP contribution in [0.5, 0.6) is 0 Å². The molecule has 0 aliphatic rings. The van der Waals surface area contributed by atoms with Crippen LogP contribution in [0.2, 0.25) is 0 Å². The highest BCUT2D eigenvalue weighted by Crippen LogP contribution is 2.20. The highest BCUT2D eigenvalue weighted by atomic mass is 16.3. The van der Waals surface area contributed by atoms with Gasteiger partial charge in [-0.25, -0.2) is 4.79 Å². The van der Waals surface area contributed by atoms with E-state index in [0.29, 0.717) is 0 Å². The average Bonchev–Trinajstić information content (AvgIpc) is 2.43. The summed E-state index contributed by atoms with van der Waals surface area (Å²) < 4.78 is 5.43. The lowest BCUT2D eigenvalue weighted by atomic mass is 10.1. The van der Waals surface area contributed by atoms with E-state index in [1.165, 1.54) is 0 Å². The number of hydrogen-bond donors (Lipinski definition) is 2. The lowest BCUT2D eigenvalue weighted by molar-refractivity contribution is 0.235. The van der Waals surface area contributed by atoms with E-state index in [1.54, 1.807) is 0 Å². The zero-order chi connectivity index (χ0) is 12.3. The SMILES string of the molecule is Cc1cc(C(C)NC(=O)NC(C)C)c(C)o1. The van der Waals surface area contributed by atoms with Crippen LogP contribution in [0.3, 0.4) is 0 Å². The van der Waals surface area contributed by atoms with Gasteiger partial charge in [0.25, 0.3) is 0 Å². The van der Waals surface area contributed by atoms with E-state index in [0.717, 1.165) is 17.1 Å². The van der Waals surface area contributed by atoms with E-state index in [2.05, 4.69) is 10.6 Å². The van der Waals surface area contributed by atoms with Crippen LogP contribution in [0.4, 0.5) is 4.79 Å². The molecule has 0 radical (unpaired) electrons. The molecule has 4 heteroatoms.